The highest BCUT2D eigenvalue weighted by Gasteiger charge is 2.38. The van der Waals surface area contributed by atoms with Crippen molar-refractivity contribution in [3.63, 3.8) is 0 Å². The lowest BCUT2D eigenvalue weighted by atomic mass is 9.80. The first-order valence-electron chi connectivity index (χ1n) is 13.8. The molecule has 7 heteroatoms. The van der Waals surface area contributed by atoms with Crippen LogP contribution in [-0.4, -0.2) is 25.2 Å². The fraction of sp³-hybridized carbons (Fsp3) is 0.229. The van der Waals surface area contributed by atoms with Crippen LogP contribution in [0.5, 0.6) is 0 Å². The highest BCUT2D eigenvalue weighted by Crippen LogP contribution is 2.40. The minimum atomic E-state index is -0.753. The van der Waals surface area contributed by atoms with Crippen LogP contribution in [0.4, 0.5) is 0 Å². The number of halogens is 1. The van der Waals surface area contributed by atoms with Gasteiger partial charge in [0.05, 0.1) is 29.6 Å². The Balaban J connectivity index is 1.52. The Kier molecular flexibility index (Phi) is 10.7. The number of dihydropyridines is 1. The molecule has 1 unspecified atom stereocenters. The van der Waals surface area contributed by atoms with Gasteiger partial charge in [-0.05, 0) is 49.1 Å². The highest BCUT2D eigenvalue weighted by atomic mass is 35.5. The second-order valence-corrected chi connectivity index (χ2v) is 10.4. The van der Waals surface area contributed by atoms with E-state index in [1.807, 2.05) is 60.7 Å². The van der Waals surface area contributed by atoms with Crippen LogP contribution < -0.4 is 5.32 Å². The molecular formula is C35H33ClN2O4. The largest absolute Gasteiger partial charge is 0.461 e. The molecule has 4 rings (SSSR count). The van der Waals surface area contributed by atoms with Gasteiger partial charge in [-0.25, -0.2) is 9.59 Å². The van der Waals surface area contributed by atoms with E-state index in [9.17, 15) is 9.59 Å². The van der Waals surface area contributed by atoms with Crippen LogP contribution in [0.3, 0.4) is 0 Å². The summed E-state index contributed by atoms with van der Waals surface area (Å²) in [5.74, 6) is -1.74. The Morgan fingerprint density at radius 3 is 2.05 bits per heavy atom. The number of nitriles is 1. The van der Waals surface area contributed by atoms with Crippen LogP contribution >= 0.6 is 11.6 Å². The quantitative estimate of drug-likeness (QED) is 0.145. The predicted molar refractivity (Wildman–Crippen MR) is 163 cm³/mol. The standard InChI is InChI=1S/C35H33ClN2O4/c1-24-31(33(28-17-11-18-29(36)23-28)32(25(2)38-24)35(40)42-22-12-20-37)34(39)41-21-10-9-19-30(26-13-5-3-6-14-26)27-15-7-4-8-16-27/h3-11,13-18,23,30,33,38H,12,19,21-22H2,1-2H3/b10-9+. The van der Waals surface area contributed by atoms with E-state index in [0.29, 0.717) is 27.6 Å². The molecule has 1 aliphatic rings. The summed E-state index contributed by atoms with van der Waals surface area (Å²) in [7, 11) is 0. The lowest BCUT2D eigenvalue weighted by molar-refractivity contribution is -0.139. The van der Waals surface area contributed by atoms with Gasteiger partial charge in [0.2, 0.25) is 0 Å². The normalized spacial score (nSPS) is 15.0. The molecule has 0 aromatic heterocycles. The molecule has 1 atom stereocenters. The van der Waals surface area contributed by atoms with Gasteiger partial charge in [0.25, 0.3) is 0 Å². The van der Waals surface area contributed by atoms with Gasteiger partial charge < -0.3 is 14.8 Å². The molecule has 214 valence electrons. The molecule has 0 radical (unpaired) electrons. The van der Waals surface area contributed by atoms with E-state index >= 15 is 0 Å². The summed E-state index contributed by atoms with van der Waals surface area (Å²) in [6, 6.07) is 29.6. The maximum atomic E-state index is 13.5. The van der Waals surface area contributed by atoms with E-state index in [-0.39, 0.29) is 31.1 Å². The first-order valence-corrected chi connectivity index (χ1v) is 14.2. The summed E-state index contributed by atoms with van der Waals surface area (Å²) in [5, 5.41) is 12.5. The van der Waals surface area contributed by atoms with E-state index in [4.69, 9.17) is 26.3 Å². The number of rotatable bonds is 11. The smallest absolute Gasteiger partial charge is 0.337 e. The Labute approximate surface area is 251 Å². The molecule has 1 N–H and O–H groups in total. The molecule has 0 fully saturated rings. The van der Waals surface area contributed by atoms with E-state index in [1.54, 1.807) is 32.0 Å². The number of allylic oxidation sites excluding steroid dienone is 3. The minimum Gasteiger partial charge on any atom is -0.461 e. The predicted octanol–water partition coefficient (Wildman–Crippen LogP) is 7.35. The molecule has 0 spiro atoms. The first-order chi connectivity index (χ1) is 20.4. The molecule has 0 aliphatic carbocycles. The average Bonchev–Trinajstić information content (AvgIpc) is 2.99. The van der Waals surface area contributed by atoms with Gasteiger partial charge in [-0.3, -0.25) is 0 Å². The molecule has 3 aromatic carbocycles. The second-order valence-electron chi connectivity index (χ2n) is 9.91. The van der Waals surface area contributed by atoms with Crippen molar-refractivity contribution in [1.82, 2.24) is 5.32 Å². The summed E-state index contributed by atoms with van der Waals surface area (Å²) in [6.45, 7) is 3.55. The molecule has 42 heavy (non-hydrogen) atoms. The maximum Gasteiger partial charge on any atom is 0.337 e. The zero-order valence-corrected chi connectivity index (χ0v) is 24.4. The lowest BCUT2D eigenvalue weighted by Crippen LogP contribution is -2.32. The molecule has 0 saturated heterocycles. The molecule has 0 bridgehead atoms. The van der Waals surface area contributed by atoms with Crippen molar-refractivity contribution in [3.05, 3.63) is 141 Å². The fourth-order valence-corrected chi connectivity index (χ4v) is 5.36. The topological polar surface area (TPSA) is 88.4 Å². The summed E-state index contributed by atoms with van der Waals surface area (Å²) in [6.07, 6.45) is 4.67. The van der Waals surface area contributed by atoms with Crippen LogP contribution in [0, 0.1) is 11.3 Å². The molecular weight excluding hydrogens is 548 g/mol. The van der Waals surface area contributed by atoms with Gasteiger partial charge in [-0.1, -0.05) is 96.5 Å². The number of hydrogen-bond donors (Lipinski definition) is 1. The Morgan fingerprint density at radius 1 is 0.881 bits per heavy atom. The summed E-state index contributed by atoms with van der Waals surface area (Å²) >= 11 is 6.30. The second kappa shape index (κ2) is 14.9. The van der Waals surface area contributed by atoms with E-state index in [1.165, 1.54) is 11.1 Å². The Hall–Kier alpha value is -4.60. The van der Waals surface area contributed by atoms with Crippen molar-refractivity contribution < 1.29 is 19.1 Å². The number of esters is 2. The van der Waals surface area contributed by atoms with Gasteiger partial charge in [0.1, 0.15) is 13.2 Å². The van der Waals surface area contributed by atoms with Crippen molar-refractivity contribution in [3.8, 4) is 6.07 Å². The van der Waals surface area contributed by atoms with Crippen LogP contribution in [0.15, 0.2) is 120 Å². The zero-order valence-electron chi connectivity index (χ0n) is 23.7. The number of benzene rings is 3. The Bertz CT molecular complexity index is 1500. The number of nitrogens with one attached hydrogen (secondary N) is 1. The first kappa shape index (κ1) is 30.4. The van der Waals surface area contributed by atoms with Gasteiger partial charge in [0, 0.05) is 22.3 Å². The number of ether oxygens (including phenoxy) is 2. The zero-order chi connectivity index (χ0) is 29.9. The third-order valence-corrected chi connectivity index (χ3v) is 7.32. The molecule has 1 aliphatic heterocycles. The Morgan fingerprint density at radius 2 is 1.48 bits per heavy atom. The van der Waals surface area contributed by atoms with Crippen molar-refractivity contribution in [2.75, 3.05) is 13.2 Å². The molecule has 3 aromatic rings. The van der Waals surface area contributed by atoms with Crippen molar-refractivity contribution in [1.29, 1.82) is 5.26 Å². The fourth-order valence-electron chi connectivity index (χ4n) is 5.16. The van der Waals surface area contributed by atoms with Gasteiger partial charge in [-0.2, -0.15) is 5.26 Å². The lowest BCUT2D eigenvalue weighted by Gasteiger charge is -2.30. The maximum absolute atomic E-state index is 13.5. The summed E-state index contributed by atoms with van der Waals surface area (Å²) in [5.41, 5.74) is 4.79. The van der Waals surface area contributed by atoms with Crippen molar-refractivity contribution in [2.45, 2.75) is 38.5 Å². The average molecular weight is 581 g/mol. The summed E-state index contributed by atoms with van der Waals surface area (Å²) < 4.78 is 11.1. The monoisotopic (exact) mass is 580 g/mol. The van der Waals surface area contributed by atoms with Gasteiger partial charge in [0.15, 0.2) is 0 Å². The summed E-state index contributed by atoms with van der Waals surface area (Å²) in [4.78, 5) is 26.7. The highest BCUT2D eigenvalue weighted by molar-refractivity contribution is 6.30. The number of nitrogens with zero attached hydrogens (tertiary/aromatic N) is 1. The van der Waals surface area contributed by atoms with Crippen LogP contribution in [0.1, 0.15) is 55.2 Å². The van der Waals surface area contributed by atoms with Crippen LogP contribution in [0.2, 0.25) is 5.02 Å². The minimum absolute atomic E-state index is 0.0470. The van der Waals surface area contributed by atoms with Crippen LogP contribution in [0.25, 0.3) is 0 Å². The molecule has 0 saturated carbocycles. The molecule has 6 nitrogen and oxygen atoms in total. The van der Waals surface area contributed by atoms with Gasteiger partial charge in [-0.15, -0.1) is 0 Å². The third kappa shape index (κ3) is 7.57. The van der Waals surface area contributed by atoms with E-state index in [2.05, 4.69) is 29.6 Å². The SMILES string of the molecule is CC1=C(C(=O)OC/C=C/CC(c2ccccc2)c2ccccc2)C(c2cccc(Cl)c2)C(C(=O)OCCC#N)=C(C)N1. The molecule has 1 heterocycles. The number of carbonyl (C=O) groups is 2. The number of carbonyl (C=O) groups excluding carboxylic acids is 2. The molecule has 0 amide bonds. The van der Waals surface area contributed by atoms with Crippen molar-refractivity contribution in [2.24, 2.45) is 0 Å². The van der Waals surface area contributed by atoms with E-state index < -0.39 is 17.9 Å². The van der Waals surface area contributed by atoms with Crippen molar-refractivity contribution >= 4 is 23.5 Å². The van der Waals surface area contributed by atoms with Crippen LogP contribution in [-0.2, 0) is 19.1 Å². The third-order valence-electron chi connectivity index (χ3n) is 7.08. The van der Waals surface area contributed by atoms with E-state index in [0.717, 1.165) is 6.42 Å². The number of hydrogen-bond acceptors (Lipinski definition) is 6. The van der Waals surface area contributed by atoms with Gasteiger partial charge >= 0.3 is 11.9 Å².